The Kier molecular flexibility index (Phi) is 5.03. The van der Waals surface area contributed by atoms with Crippen LogP contribution in [0.4, 0.5) is 5.69 Å². The number of nitrogens with zero attached hydrogens (tertiary/aromatic N) is 3. The minimum atomic E-state index is -0.373. The zero-order valence-corrected chi connectivity index (χ0v) is 15.7. The fourth-order valence-electron chi connectivity index (χ4n) is 2.98. The number of hydrogen-bond donors (Lipinski definition) is 1. The van der Waals surface area contributed by atoms with Crippen LogP contribution >= 0.6 is 0 Å². The second-order valence-corrected chi connectivity index (χ2v) is 6.41. The molecule has 7 heteroatoms. The van der Waals surface area contributed by atoms with E-state index in [0.29, 0.717) is 17.3 Å². The van der Waals surface area contributed by atoms with Crippen molar-refractivity contribution < 1.29 is 9.53 Å². The van der Waals surface area contributed by atoms with E-state index in [1.54, 1.807) is 18.2 Å². The van der Waals surface area contributed by atoms with Gasteiger partial charge in [0.2, 0.25) is 11.8 Å². The lowest BCUT2D eigenvalue weighted by molar-refractivity contribution is -0.117. The van der Waals surface area contributed by atoms with Gasteiger partial charge in [0, 0.05) is 17.7 Å². The first-order valence-corrected chi connectivity index (χ1v) is 8.99. The van der Waals surface area contributed by atoms with Crippen LogP contribution in [0.5, 0.6) is 5.88 Å². The Bertz CT molecular complexity index is 1230. The van der Waals surface area contributed by atoms with Crippen LogP contribution in [0.1, 0.15) is 0 Å². The number of ether oxygens (including phenoxy) is 1. The zero-order valence-electron chi connectivity index (χ0n) is 15.7. The molecular weight excluding hydrogens is 368 g/mol. The van der Waals surface area contributed by atoms with E-state index in [2.05, 4.69) is 15.4 Å². The smallest absolute Gasteiger partial charge is 0.267 e. The van der Waals surface area contributed by atoms with E-state index in [1.165, 1.54) is 19.4 Å². The van der Waals surface area contributed by atoms with Crippen molar-refractivity contribution >= 4 is 22.4 Å². The summed E-state index contributed by atoms with van der Waals surface area (Å²) >= 11 is 0. The zero-order chi connectivity index (χ0) is 20.2. The molecular formula is C22H18N4O3. The molecule has 0 aliphatic carbocycles. The van der Waals surface area contributed by atoms with Crippen molar-refractivity contribution in [3.8, 4) is 17.1 Å². The minimum absolute atomic E-state index is 0.202. The lowest BCUT2D eigenvalue weighted by Crippen LogP contribution is -2.29. The van der Waals surface area contributed by atoms with Crippen LogP contribution < -0.4 is 15.6 Å². The van der Waals surface area contributed by atoms with E-state index in [1.807, 2.05) is 42.5 Å². The fourth-order valence-corrected chi connectivity index (χ4v) is 2.98. The van der Waals surface area contributed by atoms with Gasteiger partial charge in [0.05, 0.1) is 24.7 Å². The van der Waals surface area contributed by atoms with Crippen molar-refractivity contribution in [3.63, 3.8) is 0 Å². The monoisotopic (exact) mass is 386 g/mol. The Morgan fingerprint density at radius 2 is 1.86 bits per heavy atom. The van der Waals surface area contributed by atoms with Gasteiger partial charge in [0.1, 0.15) is 6.54 Å². The van der Waals surface area contributed by atoms with Gasteiger partial charge in [-0.15, -0.1) is 0 Å². The Labute approximate surface area is 166 Å². The molecule has 0 spiro atoms. The third-order valence-corrected chi connectivity index (χ3v) is 4.43. The second-order valence-electron chi connectivity index (χ2n) is 6.41. The third-order valence-electron chi connectivity index (χ3n) is 4.43. The van der Waals surface area contributed by atoms with Crippen LogP contribution in [-0.4, -0.2) is 27.8 Å². The van der Waals surface area contributed by atoms with Crippen molar-refractivity contribution in [1.29, 1.82) is 0 Å². The molecule has 7 nitrogen and oxygen atoms in total. The Morgan fingerprint density at radius 1 is 1.03 bits per heavy atom. The molecule has 1 amide bonds. The average molecular weight is 386 g/mol. The van der Waals surface area contributed by atoms with Crippen LogP contribution in [0.2, 0.25) is 0 Å². The second kappa shape index (κ2) is 7.93. The van der Waals surface area contributed by atoms with Crippen LogP contribution in [0.15, 0.2) is 77.7 Å². The Hall–Kier alpha value is -4.00. The third kappa shape index (κ3) is 4.14. The number of hydrogen-bond acceptors (Lipinski definition) is 5. The molecule has 0 bridgehead atoms. The molecule has 0 aliphatic rings. The standard InChI is InChI=1S/C22H18N4O3/c1-29-21-10-8-18(13-23-21)24-20(27)14-26-22(28)11-9-19(25-26)17-7-6-15-4-2-3-5-16(15)12-17/h2-13H,14H2,1H3,(H,24,27). The SMILES string of the molecule is COc1ccc(NC(=O)Cn2nc(-c3ccc4ccccc4c3)ccc2=O)cn1. The molecule has 0 radical (unpaired) electrons. The van der Waals surface area contributed by atoms with Crippen LogP contribution in [0, 0.1) is 0 Å². The molecule has 29 heavy (non-hydrogen) atoms. The summed E-state index contributed by atoms with van der Waals surface area (Å²) in [6.45, 7) is -0.202. The van der Waals surface area contributed by atoms with Crippen molar-refractivity contribution in [1.82, 2.24) is 14.8 Å². The van der Waals surface area contributed by atoms with E-state index in [9.17, 15) is 9.59 Å². The Morgan fingerprint density at radius 3 is 2.62 bits per heavy atom. The summed E-state index contributed by atoms with van der Waals surface area (Å²) in [6.07, 6.45) is 1.48. The number of carbonyl (C=O) groups excluding carboxylic acids is 1. The fraction of sp³-hybridized carbons (Fsp3) is 0.0909. The summed E-state index contributed by atoms with van der Waals surface area (Å²) in [4.78, 5) is 28.6. The average Bonchev–Trinajstić information content (AvgIpc) is 2.75. The predicted octanol–water partition coefficient (Wildman–Crippen LogP) is 3.11. The van der Waals surface area contributed by atoms with Gasteiger partial charge in [-0.05, 0) is 29.0 Å². The molecule has 0 saturated heterocycles. The summed E-state index contributed by atoms with van der Waals surface area (Å²) in [6, 6.07) is 20.4. The summed E-state index contributed by atoms with van der Waals surface area (Å²) < 4.78 is 6.14. The number of pyridine rings is 1. The Balaban J connectivity index is 1.55. The number of rotatable bonds is 5. The molecule has 144 valence electrons. The molecule has 4 aromatic rings. The molecule has 0 aliphatic heterocycles. The van der Waals surface area contributed by atoms with Crippen molar-refractivity contribution in [2.75, 3.05) is 12.4 Å². The first-order valence-electron chi connectivity index (χ1n) is 8.99. The summed E-state index contributed by atoms with van der Waals surface area (Å²) in [5, 5.41) is 9.26. The first-order chi connectivity index (χ1) is 14.1. The van der Waals surface area contributed by atoms with Gasteiger partial charge in [-0.1, -0.05) is 36.4 Å². The molecule has 4 rings (SSSR count). The number of carbonyl (C=O) groups is 1. The highest BCUT2D eigenvalue weighted by molar-refractivity contribution is 5.90. The number of nitrogens with one attached hydrogen (secondary N) is 1. The van der Waals surface area contributed by atoms with E-state index < -0.39 is 0 Å². The molecule has 2 heterocycles. The van der Waals surface area contributed by atoms with E-state index in [4.69, 9.17) is 4.74 Å². The number of fused-ring (bicyclic) bond motifs is 1. The maximum atomic E-state index is 12.3. The van der Waals surface area contributed by atoms with Gasteiger partial charge in [0.25, 0.3) is 5.56 Å². The van der Waals surface area contributed by atoms with Gasteiger partial charge in [0.15, 0.2) is 0 Å². The predicted molar refractivity (Wildman–Crippen MR) is 111 cm³/mol. The molecule has 0 saturated carbocycles. The molecule has 0 atom stereocenters. The number of benzene rings is 2. The van der Waals surface area contributed by atoms with Crippen molar-refractivity contribution in [2.45, 2.75) is 6.54 Å². The first kappa shape index (κ1) is 18.4. The lowest BCUT2D eigenvalue weighted by Gasteiger charge is -2.09. The van der Waals surface area contributed by atoms with Crippen LogP contribution in [-0.2, 0) is 11.3 Å². The van der Waals surface area contributed by atoms with E-state index in [0.717, 1.165) is 21.0 Å². The van der Waals surface area contributed by atoms with Crippen molar-refractivity contribution in [2.24, 2.45) is 0 Å². The van der Waals surface area contributed by atoms with E-state index >= 15 is 0 Å². The van der Waals surface area contributed by atoms with Gasteiger partial charge in [-0.3, -0.25) is 9.59 Å². The lowest BCUT2D eigenvalue weighted by atomic mass is 10.1. The van der Waals surface area contributed by atoms with Crippen molar-refractivity contribution in [3.05, 3.63) is 83.3 Å². The number of anilines is 1. The highest BCUT2D eigenvalue weighted by Crippen LogP contribution is 2.22. The highest BCUT2D eigenvalue weighted by Gasteiger charge is 2.09. The topological polar surface area (TPSA) is 86.1 Å². The molecule has 2 aromatic carbocycles. The molecule has 0 unspecified atom stereocenters. The maximum absolute atomic E-state index is 12.3. The quantitative estimate of drug-likeness (QED) is 0.570. The van der Waals surface area contributed by atoms with Gasteiger partial charge < -0.3 is 10.1 Å². The molecule has 2 aromatic heterocycles. The van der Waals surface area contributed by atoms with Gasteiger partial charge >= 0.3 is 0 Å². The van der Waals surface area contributed by atoms with Crippen LogP contribution in [0.3, 0.4) is 0 Å². The molecule has 0 fully saturated rings. The van der Waals surface area contributed by atoms with Gasteiger partial charge in [-0.2, -0.15) is 5.10 Å². The number of methoxy groups -OCH3 is 1. The van der Waals surface area contributed by atoms with Crippen LogP contribution in [0.25, 0.3) is 22.0 Å². The van der Waals surface area contributed by atoms with E-state index in [-0.39, 0.29) is 18.0 Å². The van der Waals surface area contributed by atoms with Gasteiger partial charge in [-0.25, -0.2) is 9.67 Å². The maximum Gasteiger partial charge on any atom is 0.267 e. The number of aromatic nitrogens is 3. The largest absolute Gasteiger partial charge is 0.481 e. The molecule has 1 N–H and O–H groups in total. The summed E-state index contributed by atoms with van der Waals surface area (Å²) in [5.41, 5.74) is 1.65. The minimum Gasteiger partial charge on any atom is -0.481 e. The highest BCUT2D eigenvalue weighted by atomic mass is 16.5. The normalized spacial score (nSPS) is 10.7. The summed E-state index contributed by atoms with van der Waals surface area (Å²) in [5.74, 6) is 0.0752. The summed E-state index contributed by atoms with van der Waals surface area (Å²) in [7, 11) is 1.52. The number of amides is 1.